The molecule has 4 aromatic carbocycles. The summed E-state index contributed by atoms with van der Waals surface area (Å²) in [6.07, 6.45) is -4.21. The van der Waals surface area contributed by atoms with Gasteiger partial charge in [0.05, 0.1) is 39.1 Å². The number of esters is 2. The molecule has 0 spiro atoms. The maximum absolute atomic E-state index is 13.0. The topological polar surface area (TPSA) is 119 Å². The van der Waals surface area contributed by atoms with Gasteiger partial charge in [-0.25, -0.2) is 9.59 Å². The zero-order valence-electron chi connectivity index (χ0n) is 29.3. The van der Waals surface area contributed by atoms with Crippen LogP contribution in [0.25, 0.3) is 0 Å². The molecule has 0 unspecified atom stereocenters. The molecule has 0 amide bonds. The van der Waals surface area contributed by atoms with Gasteiger partial charge in [-0.2, -0.15) is 0 Å². The second-order valence-corrected chi connectivity index (χ2v) is 13.2. The number of carbonyl (C=O) groups is 2. The first-order chi connectivity index (χ1) is 25.3. The van der Waals surface area contributed by atoms with Crippen molar-refractivity contribution in [3.8, 4) is 0 Å². The first-order valence-electron chi connectivity index (χ1n) is 17.4. The Labute approximate surface area is 303 Å². The standard InChI is InChI=1S/C42H44O10/c1-42(2)51-40(44)36(41(45)52-42)33(43)23-34-37(47-25-30-17-9-4-10-18-30)39(49-27-32-21-13-6-14-22-32)38(48-26-31-19-11-5-12-20-31)35(50-34)28-46-24-29-15-7-3-8-16-29/h3-22,34-35,37-39,43H,23-28H2,1-2H3/t34-,35-,37+,38+,39-/m1/s1. The molecule has 52 heavy (non-hydrogen) atoms. The summed E-state index contributed by atoms with van der Waals surface area (Å²) in [5.74, 6) is -3.99. The molecule has 272 valence electrons. The molecule has 2 saturated heterocycles. The van der Waals surface area contributed by atoms with E-state index in [4.69, 9.17) is 33.2 Å². The summed E-state index contributed by atoms with van der Waals surface area (Å²) in [5, 5.41) is 11.4. The Morgan fingerprint density at radius 3 is 1.40 bits per heavy atom. The monoisotopic (exact) mass is 708 g/mol. The fraction of sp³-hybridized carbons (Fsp3) is 0.333. The zero-order valence-corrected chi connectivity index (χ0v) is 29.3. The van der Waals surface area contributed by atoms with Crippen LogP contribution in [0.4, 0.5) is 0 Å². The van der Waals surface area contributed by atoms with Crippen molar-refractivity contribution in [2.45, 2.75) is 83.0 Å². The average Bonchev–Trinajstić information content (AvgIpc) is 3.14. The largest absolute Gasteiger partial charge is 0.511 e. The summed E-state index contributed by atoms with van der Waals surface area (Å²) in [4.78, 5) is 25.9. The van der Waals surface area contributed by atoms with Crippen LogP contribution in [0.2, 0.25) is 0 Å². The van der Waals surface area contributed by atoms with Crippen molar-refractivity contribution in [1.29, 1.82) is 0 Å². The van der Waals surface area contributed by atoms with Crippen LogP contribution in [0.15, 0.2) is 133 Å². The second-order valence-electron chi connectivity index (χ2n) is 13.2. The maximum atomic E-state index is 13.0. The molecule has 4 aromatic rings. The van der Waals surface area contributed by atoms with Crippen LogP contribution >= 0.6 is 0 Å². The van der Waals surface area contributed by atoms with E-state index in [0.717, 1.165) is 22.3 Å². The van der Waals surface area contributed by atoms with Crippen LogP contribution in [0.5, 0.6) is 0 Å². The van der Waals surface area contributed by atoms with Crippen LogP contribution in [-0.2, 0) is 69.2 Å². The molecule has 0 bridgehead atoms. The van der Waals surface area contributed by atoms with E-state index in [1.165, 1.54) is 13.8 Å². The lowest BCUT2D eigenvalue weighted by Crippen LogP contribution is -2.61. The highest BCUT2D eigenvalue weighted by atomic mass is 16.7. The number of aliphatic hydroxyl groups excluding tert-OH is 1. The van der Waals surface area contributed by atoms with Crippen LogP contribution in [0, 0.1) is 0 Å². The van der Waals surface area contributed by atoms with E-state index in [9.17, 15) is 14.7 Å². The van der Waals surface area contributed by atoms with Crippen molar-refractivity contribution in [1.82, 2.24) is 0 Å². The lowest BCUT2D eigenvalue weighted by Gasteiger charge is -2.46. The van der Waals surface area contributed by atoms with Gasteiger partial charge in [0.1, 0.15) is 30.2 Å². The van der Waals surface area contributed by atoms with Gasteiger partial charge in [-0.3, -0.25) is 0 Å². The van der Waals surface area contributed by atoms with E-state index in [-0.39, 0.29) is 32.8 Å². The van der Waals surface area contributed by atoms with E-state index in [2.05, 4.69) is 0 Å². The maximum Gasteiger partial charge on any atom is 0.352 e. The lowest BCUT2D eigenvalue weighted by molar-refractivity contribution is -0.273. The molecule has 0 aromatic heterocycles. The zero-order chi connectivity index (χ0) is 36.3. The molecule has 10 heteroatoms. The van der Waals surface area contributed by atoms with Crippen LogP contribution in [-0.4, -0.2) is 60.0 Å². The van der Waals surface area contributed by atoms with Gasteiger partial charge in [0.25, 0.3) is 5.79 Å². The number of ether oxygens (including phenoxy) is 7. The van der Waals surface area contributed by atoms with Gasteiger partial charge in [0, 0.05) is 20.3 Å². The summed E-state index contributed by atoms with van der Waals surface area (Å²) in [6, 6.07) is 38.9. The van der Waals surface area contributed by atoms with E-state index < -0.39 is 59.6 Å². The number of rotatable bonds is 15. The third-order valence-electron chi connectivity index (χ3n) is 8.75. The Kier molecular flexibility index (Phi) is 12.5. The summed E-state index contributed by atoms with van der Waals surface area (Å²) < 4.78 is 43.5. The number of aliphatic hydroxyl groups is 1. The molecular formula is C42H44O10. The molecule has 1 N–H and O–H groups in total. The van der Waals surface area contributed by atoms with Crippen molar-refractivity contribution < 1.29 is 47.9 Å². The highest BCUT2D eigenvalue weighted by Gasteiger charge is 2.50. The minimum atomic E-state index is -1.47. The van der Waals surface area contributed by atoms with Crippen molar-refractivity contribution in [2.24, 2.45) is 0 Å². The van der Waals surface area contributed by atoms with Gasteiger partial charge in [0.2, 0.25) is 0 Å². The Balaban J connectivity index is 1.35. The molecule has 10 nitrogen and oxygen atoms in total. The summed E-state index contributed by atoms with van der Waals surface area (Å²) in [6.45, 7) is 3.99. The Bertz CT molecular complexity index is 1740. The van der Waals surface area contributed by atoms with Gasteiger partial charge >= 0.3 is 11.9 Å². The number of benzene rings is 4. The molecule has 2 heterocycles. The molecule has 0 aliphatic carbocycles. The molecule has 2 aliphatic heterocycles. The number of hydrogen-bond donors (Lipinski definition) is 1. The van der Waals surface area contributed by atoms with E-state index >= 15 is 0 Å². The molecule has 2 aliphatic rings. The summed E-state index contributed by atoms with van der Waals surface area (Å²) >= 11 is 0. The molecular weight excluding hydrogens is 664 g/mol. The minimum absolute atomic E-state index is 0.108. The summed E-state index contributed by atoms with van der Waals surface area (Å²) in [5.41, 5.74) is 3.19. The van der Waals surface area contributed by atoms with Crippen LogP contribution in [0.3, 0.4) is 0 Å². The first-order valence-corrected chi connectivity index (χ1v) is 17.4. The van der Waals surface area contributed by atoms with Crippen molar-refractivity contribution in [3.05, 3.63) is 155 Å². The van der Waals surface area contributed by atoms with Crippen molar-refractivity contribution in [2.75, 3.05) is 6.61 Å². The normalized spacial score (nSPS) is 22.7. The Morgan fingerprint density at radius 2 is 0.962 bits per heavy atom. The quantitative estimate of drug-likeness (QED) is 0.0614. The fourth-order valence-electron chi connectivity index (χ4n) is 6.23. The predicted octanol–water partition coefficient (Wildman–Crippen LogP) is 6.77. The predicted molar refractivity (Wildman–Crippen MR) is 190 cm³/mol. The van der Waals surface area contributed by atoms with Gasteiger partial charge in [-0.1, -0.05) is 121 Å². The van der Waals surface area contributed by atoms with Gasteiger partial charge in [-0.15, -0.1) is 0 Å². The van der Waals surface area contributed by atoms with Crippen LogP contribution < -0.4 is 0 Å². The molecule has 0 saturated carbocycles. The highest BCUT2D eigenvalue weighted by Crippen LogP contribution is 2.35. The van der Waals surface area contributed by atoms with Crippen LogP contribution in [0.1, 0.15) is 42.5 Å². The molecule has 6 rings (SSSR count). The molecule has 2 fully saturated rings. The third-order valence-corrected chi connectivity index (χ3v) is 8.75. The fourth-order valence-corrected chi connectivity index (χ4v) is 6.23. The highest BCUT2D eigenvalue weighted by molar-refractivity contribution is 6.15. The third kappa shape index (κ3) is 9.93. The Morgan fingerprint density at radius 1 is 0.577 bits per heavy atom. The number of cyclic esters (lactones) is 2. The average molecular weight is 709 g/mol. The number of hydrogen-bond acceptors (Lipinski definition) is 10. The smallest absolute Gasteiger partial charge is 0.352 e. The Hall–Kier alpha value is -4.84. The second kappa shape index (κ2) is 17.6. The van der Waals surface area contributed by atoms with Crippen molar-refractivity contribution >= 4 is 11.9 Å². The van der Waals surface area contributed by atoms with Crippen molar-refractivity contribution in [3.63, 3.8) is 0 Å². The summed E-state index contributed by atoms with van der Waals surface area (Å²) in [7, 11) is 0. The van der Waals surface area contributed by atoms with Gasteiger partial charge in [0.15, 0.2) is 5.57 Å². The molecule has 0 radical (unpaired) electrons. The van der Waals surface area contributed by atoms with Gasteiger partial charge in [-0.05, 0) is 22.3 Å². The van der Waals surface area contributed by atoms with E-state index in [1.54, 1.807) is 0 Å². The lowest BCUT2D eigenvalue weighted by atomic mass is 9.91. The SMILES string of the molecule is CC1(C)OC(=O)C(=C(O)C[C@H]2O[C@H](COCc3ccccc3)[C@H](OCc3ccccc3)[C@H](OCc3ccccc3)[C@H]2OCc2ccccc2)C(=O)O1. The minimum Gasteiger partial charge on any atom is -0.511 e. The first kappa shape index (κ1) is 36.9. The number of carbonyl (C=O) groups excluding carboxylic acids is 2. The molecule has 5 atom stereocenters. The van der Waals surface area contributed by atoms with E-state index in [1.807, 2.05) is 121 Å². The van der Waals surface area contributed by atoms with E-state index in [0.29, 0.717) is 6.61 Å². The van der Waals surface area contributed by atoms with Gasteiger partial charge < -0.3 is 38.3 Å².